The fourth-order valence-corrected chi connectivity index (χ4v) is 3.39. The van der Waals surface area contributed by atoms with E-state index in [0.717, 1.165) is 11.1 Å². The van der Waals surface area contributed by atoms with E-state index in [1.165, 1.54) is 17.0 Å². The highest BCUT2D eigenvalue weighted by Gasteiger charge is 2.28. The van der Waals surface area contributed by atoms with Gasteiger partial charge in [-0.15, -0.1) is 0 Å². The van der Waals surface area contributed by atoms with Crippen molar-refractivity contribution in [1.82, 2.24) is 24.5 Å². The highest BCUT2D eigenvalue weighted by Crippen LogP contribution is 2.27. The smallest absolute Gasteiger partial charge is 0.255 e. The summed E-state index contributed by atoms with van der Waals surface area (Å²) in [6.45, 7) is 1.54. The average molecular weight is 390 g/mol. The molecule has 9 heteroatoms. The molecule has 1 aliphatic rings. The molecule has 1 aromatic carbocycles. The zero-order chi connectivity index (χ0) is 19.8. The van der Waals surface area contributed by atoms with Crippen LogP contribution in [0, 0.1) is 0 Å². The van der Waals surface area contributed by atoms with Gasteiger partial charge in [0.25, 0.3) is 5.56 Å². The Bertz CT molecular complexity index is 1190. The Morgan fingerprint density at radius 3 is 2.86 bits per heavy atom. The summed E-state index contributed by atoms with van der Waals surface area (Å²) >= 11 is 0. The highest BCUT2D eigenvalue weighted by molar-refractivity contribution is 5.72. The molecule has 4 aromatic rings. The van der Waals surface area contributed by atoms with Gasteiger partial charge in [-0.1, -0.05) is 12.1 Å². The van der Waals surface area contributed by atoms with E-state index in [-0.39, 0.29) is 11.7 Å². The second-order valence-corrected chi connectivity index (χ2v) is 6.76. The number of anilines is 1. The lowest BCUT2D eigenvalue weighted by molar-refractivity contribution is 0.0225. The molecule has 29 heavy (non-hydrogen) atoms. The monoisotopic (exact) mass is 390 g/mol. The number of hydrogen-bond donors (Lipinski definition) is 0. The summed E-state index contributed by atoms with van der Waals surface area (Å²) in [4.78, 5) is 31.9. The molecule has 5 rings (SSSR count). The molecule has 146 valence electrons. The molecule has 1 atom stereocenters. The number of ether oxygens (including phenoxy) is 1. The normalized spacial score (nSPS) is 17.0. The predicted octanol–water partition coefficient (Wildman–Crippen LogP) is 1.96. The van der Waals surface area contributed by atoms with Crippen LogP contribution in [0.25, 0.3) is 22.5 Å². The van der Waals surface area contributed by atoms with Gasteiger partial charge in [-0.05, 0) is 18.2 Å². The van der Waals surface area contributed by atoms with E-state index in [0.29, 0.717) is 42.9 Å². The van der Waals surface area contributed by atoms with Gasteiger partial charge in [0.2, 0.25) is 11.8 Å². The second-order valence-electron chi connectivity index (χ2n) is 6.76. The molecule has 0 N–H and O–H groups in total. The quantitative estimate of drug-likeness (QED) is 0.523. The summed E-state index contributed by atoms with van der Waals surface area (Å²) in [5.74, 6) is 1.07. The second kappa shape index (κ2) is 7.10. The van der Waals surface area contributed by atoms with Gasteiger partial charge < -0.3 is 14.1 Å². The van der Waals surface area contributed by atoms with Gasteiger partial charge in [0.05, 0.1) is 24.5 Å². The van der Waals surface area contributed by atoms with Gasteiger partial charge in [-0.25, -0.2) is 19.9 Å². The molecular formula is C20H18N6O3. The summed E-state index contributed by atoms with van der Waals surface area (Å²) < 4.78 is 13.3. The number of aromatic nitrogens is 5. The molecule has 0 aliphatic carbocycles. The van der Waals surface area contributed by atoms with Crippen LogP contribution < -0.4 is 10.5 Å². The van der Waals surface area contributed by atoms with Crippen LogP contribution in [0.3, 0.4) is 0 Å². The van der Waals surface area contributed by atoms with Gasteiger partial charge in [0.15, 0.2) is 11.7 Å². The van der Waals surface area contributed by atoms with Gasteiger partial charge in [0, 0.05) is 25.9 Å². The molecule has 1 unspecified atom stereocenters. The van der Waals surface area contributed by atoms with Crippen molar-refractivity contribution >= 4 is 17.0 Å². The summed E-state index contributed by atoms with van der Waals surface area (Å²) in [7, 11) is 1.71. The Morgan fingerprint density at radius 1 is 1.14 bits per heavy atom. The number of benzene rings is 1. The van der Waals surface area contributed by atoms with Crippen molar-refractivity contribution < 1.29 is 9.15 Å². The summed E-state index contributed by atoms with van der Waals surface area (Å²) in [6.07, 6.45) is 2.71. The molecule has 0 saturated carbocycles. The van der Waals surface area contributed by atoms with Crippen LogP contribution in [0.4, 0.5) is 5.95 Å². The Morgan fingerprint density at radius 2 is 2.03 bits per heavy atom. The number of para-hydroxylation sites is 2. The van der Waals surface area contributed by atoms with Gasteiger partial charge in [0.1, 0.15) is 11.8 Å². The van der Waals surface area contributed by atoms with E-state index in [9.17, 15) is 4.79 Å². The Hall–Kier alpha value is -3.59. The van der Waals surface area contributed by atoms with Gasteiger partial charge in [-0.2, -0.15) is 0 Å². The molecule has 1 aliphatic heterocycles. The minimum atomic E-state index is -0.351. The third-order valence-electron chi connectivity index (χ3n) is 4.89. The molecular weight excluding hydrogens is 372 g/mol. The fourth-order valence-electron chi connectivity index (χ4n) is 3.39. The van der Waals surface area contributed by atoms with Crippen molar-refractivity contribution in [3.8, 4) is 11.4 Å². The van der Waals surface area contributed by atoms with E-state index in [4.69, 9.17) is 9.15 Å². The third kappa shape index (κ3) is 3.25. The van der Waals surface area contributed by atoms with Crippen molar-refractivity contribution in [2.24, 2.45) is 7.05 Å². The summed E-state index contributed by atoms with van der Waals surface area (Å²) in [6, 6.07) is 10.8. The minimum Gasteiger partial charge on any atom is -0.438 e. The van der Waals surface area contributed by atoms with Gasteiger partial charge in [-0.3, -0.25) is 9.36 Å². The van der Waals surface area contributed by atoms with Crippen molar-refractivity contribution in [2.75, 3.05) is 24.6 Å². The fraction of sp³-hybridized carbons (Fsp3) is 0.250. The van der Waals surface area contributed by atoms with Crippen molar-refractivity contribution in [3.05, 3.63) is 65.2 Å². The maximum Gasteiger partial charge on any atom is 0.255 e. The topological polar surface area (TPSA) is 99.2 Å². The average Bonchev–Trinajstić information content (AvgIpc) is 3.21. The largest absolute Gasteiger partial charge is 0.438 e. The van der Waals surface area contributed by atoms with Crippen LogP contribution in [0.2, 0.25) is 0 Å². The minimum absolute atomic E-state index is 0.159. The predicted molar refractivity (Wildman–Crippen MR) is 105 cm³/mol. The van der Waals surface area contributed by atoms with Crippen LogP contribution in [-0.4, -0.2) is 44.2 Å². The highest BCUT2D eigenvalue weighted by atomic mass is 16.5. The van der Waals surface area contributed by atoms with Crippen molar-refractivity contribution in [3.63, 3.8) is 0 Å². The Balaban J connectivity index is 1.49. The molecule has 1 fully saturated rings. The van der Waals surface area contributed by atoms with Crippen LogP contribution in [0.5, 0.6) is 0 Å². The SMILES string of the molecule is Cn1c(N2CCOC(c3nc4ccccc4o3)C2)nc(-c2ccncn2)cc1=O. The van der Waals surface area contributed by atoms with E-state index < -0.39 is 0 Å². The van der Waals surface area contributed by atoms with E-state index in [1.807, 2.05) is 29.2 Å². The first kappa shape index (κ1) is 17.5. The van der Waals surface area contributed by atoms with Crippen LogP contribution in [0.1, 0.15) is 12.0 Å². The first-order chi connectivity index (χ1) is 14.2. The number of fused-ring (bicyclic) bond motifs is 1. The molecule has 1 saturated heterocycles. The van der Waals surface area contributed by atoms with Crippen molar-refractivity contribution in [1.29, 1.82) is 0 Å². The lowest BCUT2D eigenvalue weighted by atomic mass is 10.2. The van der Waals surface area contributed by atoms with Gasteiger partial charge >= 0.3 is 0 Å². The zero-order valence-electron chi connectivity index (χ0n) is 15.7. The summed E-state index contributed by atoms with van der Waals surface area (Å²) in [5, 5.41) is 0. The lowest BCUT2D eigenvalue weighted by Crippen LogP contribution is -2.41. The van der Waals surface area contributed by atoms with Crippen LogP contribution >= 0.6 is 0 Å². The number of oxazole rings is 1. The standard InChI is InChI=1S/C20H18N6O3/c1-25-18(27)10-15(13-6-7-21-12-22-13)24-20(25)26-8-9-28-17(11-26)19-23-14-4-2-3-5-16(14)29-19/h2-7,10,12,17H,8-9,11H2,1H3. The van der Waals surface area contributed by atoms with Crippen molar-refractivity contribution in [2.45, 2.75) is 6.10 Å². The lowest BCUT2D eigenvalue weighted by Gasteiger charge is -2.33. The first-order valence-electron chi connectivity index (χ1n) is 9.25. The number of nitrogens with zero attached hydrogens (tertiary/aromatic N) is 6. The molecule has 0 amide bonds. The van der Waals surface area contributed by atoms with E-state index >= 15 is 0 Å². The van der Waals surface area contributed by atoms with Crippen LogP contribution in [-0.2, 0) is 11.8 Å². The zero-order valence-corrected chi connectivity index (χ0v) is 15.7. The molecule has 0 bridgehead atoms. The Labute approximate surface area is 165 Å². The molecule has 0 radical (unpaired) electrons. The molecule has 0 spiro atoms. The maximum absolute atomic E-state index is 12.5. The number of morpholine rings is 1. The first-order valence-corrected chi connectivity index (χ1v) is 9.25. The summed E-state index contributed by atoms with van der Waals surface area (Å²) in [5.41, 5.74) is 2.46. The number of hydrogen-bond acceptors (Lipinski definition) is 8. The molecule has 3 aromatic heterocycles. The molecule has 9 nitrogen and oxygen atoms in total. The molecule has 4 heterocycles. The Kier molecular flexibility index (Phi) is 4.28. The van der Waals surface area contributed by atoms with E-state index in [2.05, 4.69) is 19.9 Å². The maximum atomic E-state index is 12.5. The third-order valence-corrected chi connectivity index (χ3v) is 4.89. The van der Waals surface area contributed by atoms with E-state index in [1.54, 1.807) is 19.3 Å². The number of rotatable bonds is 3. The van der Waals surface area contributed by atoms with Crippen LogP contribution in [0.15, 0.2) is 58.1 Å².